The summed E-state index contributed by atoms with van der Waals surface area (Å²) in [6.45, 7) is 2.05. The Balaban J connectivity index is 1.67. The summed E-state index contributed by atoms with van der Waals surface area (Å²) in [5.41, 5.74) is 8.89. The van der Waals surface area contributed by atoms with Crippen LogP contribution in [-0.2, 0) is 5.75 Å². The molecule has 0 atom stereocenters. The maximum Gasteiger partial charge on any atom is 0.180 e. The van der Waals surface area contributed by atoms with E-state index >= 15 is 0 Å². The van der Waals surface area contributed by atoms with E-state index in [0.29, 0.717) is 10.2 Å². The molecule has 7 heteroatoms. The predicted molar refractivity (Wildman–Crippen MR) is 116 cm³/mol. The average molecular weight is 403 g/mol. The molecule has 1 aliphatic heterocycles. The van der Waals surface area contributed by atoms with E-state index in [0.717, 1.165) is 35.8 Å². The normalized spacial score (nSPS) is 14.9. The van der Waals surface area contributed by atoms with Gasteiger partial charge in [0.2, 0.25) is 0 Å². The topological polar surface area (TPSA) is 63.2 Å². The Kier molecular flexibility index (Phi) is 7.01. The Morgan fingerprint density at radius 2 is 2.00 bits per heavy atom. The van der Waals surface area contributed by atoms with Crippen LogP contribution in [0.1, 0.15) is 24.0 Å². The van der Waals surface area contributed by atoms with Gasteiger partial charge in [-0.2, -0.15) is 5.10 Å². The molecule has 2 aromatic carbocycles. The summed E-state index contributed by atoms with van der Waals surface area (Å²) in [4.78, 5) is 2.29. The Morgan fingerprint density at radius 1 is 1.26 bits per heavy atom. The number of benzene rings is 2. The number of halogens is 1. The van der Waals surface area contributed by atoms with E-state index in [9.17, 15) is 0 Å². The predicted octanol–water partition coefficient (Wildman–Crippen LogP) is 4.53. The molecule has 2 N–H and O–H groups in total. The van der Waals surface area contributed by atoms with Crippen molar-refractivity contribution in [3.05, 3.63) is 58.6 Å². The van der Waals surface area contributed by atoms with Crippen molar-refractivity contribution in [1.29, 1.82) is 0 Å². The molecule has 2 aromatic rings. The molecule has 5 nitrogen and oxygen atoms in total. The van der Waals surface area contributed by atoms with Gasteiger partial charge >= 0.3 is 0 Å². The number of hydrogen-bond acceptors (Lipinski definition) is 5. The molecule has 0 spiro atoms. The zero-order valence-electron chi connectivity index (χ0n) is 15.3. The number of ether oxygens (including phenoxy) is 1. The quantitative estimate of drug-likeness (QED) is 0.438. The second-order valence-electron chi connectivity index (χ2n) is 6.20. The lowest BCUT2D eigenvalue weighted by atomic mass is 10.2. The minimum absolute atomic E-state index is 0.409. The van der Waals surface area contributed by atoms with Crippen LogP contribution in [0.2, 0.25) is 5.02 Å². The summed E-state index contributed by atoms with van der Waals surface area (Å²) in [6, 6.07) is 13.9. The lowest BCUT2D eigenvalue weighted by Gasteiger charge is -2.21. The number of hydrogen-bond donors (Lipinski definition) is 1. The van der Waals surface area contributed by atoms with E-state index in [4.69, 9.17) is 22.1 Å². The molecule has 1 heterocycles. The summed E-state index contributed by atoms with van der Waals surface area (Å²) in [7, 11) is 1.67. The highest BCUT2D eigenvalue weighted by molar-refractivity contribution is 8.13. The van der Waals surface area contributed by atoms with Gasteiger partial charge in [-0.05, 0) is 30.5 Å². The molecular formula is C20H23ClN4OS. The van der Waals surface area contributed by atoms with Gasteiger partial charge in [-0.15, -0.1) is 5.10 Å². The third-order valence-corrected chi connectivity index (χ3v) is 5.51. The molecule has 1 fully saturated rings. The van der Waals surface area contributed by atoms with Gasteiger partial charge in [0.15, 0.2) is 5.17 Å². The molecular weight excluding hydrogens is 380 g/mol. The molecule has 142 valence electrons. The first-order chi connectivity index (χ1) is 13.2. The molecule has 1 aliphatic rings. The van der Waals surface area contributed by atoms with Crippen LogP contribution in [0.4, 0.5) is 5.69 Å². The average Bonchev–Trinajstić information content (AvgIpc) is 3.23. The molecule has 0 unspecified atom stereocenters. The van der Waals surface area contributed by atoms with E-state index in [-0.39, 0.29) is 0 Å². The minimum Gasteiger partial charge on any atom is -0.495 e. The highest BCUT2D eigenvalue weighted by atomic mass is 35.5. The van der Waals surface area contributed by atoms with Crippen LogP contribution in [0.3, 0.4) is 0 Å². The van der Waals surface area contributed by atoms with Gasteiger partial charge in [0, 0.05) is 24.4 Å². The number of rotatable bonds is 6. The Hall–Kier alpha value is -2.18. The molecule has 0 aliphatic carbocycles. The molecule has 0 bridgehead atoms. The van der Waals surface area contributed by atoms with Crippen LogP contribution in [0.15, 0.2) is 52.7 Å². The standard InChI is InChI=1S/C20H23ClN4OS/c1-26-19-11-16(17(21)12-18(19)25-9-5-6-10-25)13-23-24-20(22)27-14-15-7-3-2-4-8-15/h2-4,7-8,11-13H,5-6,9-10,14H2,1H3,(H2,22,24). The van der Waals surface area contributed by atoms with Crippen LogP contribution in [-0.4, -0.2) is 31.6 Å². The van der Waals surface area contributed by atoms with Crippen molar-refractivity contribution >= 4 is 40.4 Å². The van der Waals surface area contributed by atoms with Gasteiger partial charge in [-0.25, -0.2) is 0 Å². The number of anilines is 1. The van der Waals surface area contributed by atoms with Crippen LogP contribution < -0.4 is 15.4 Å². The fourth-order valence-corrected chi connectivity index (χ4v) is 3.75. The second-order valence-corrected chi connectivity index (χ2v) is 7.60. The van der Waals surface area contributed by atoms with Gasteiger partial charge in [-0.3, -0.25) is 0 Å². The number of methoxy groups -OCH3 is 1. The van der Waals surface area contributed by atoms with Crippen molar-refractivity contribution in [2.45, 2.75) is 18.6 Å². The van der Waals surface area contributed by atoms with Crippen LogP contribution >= 0.6 is 23.4 Å². The maximum atomic E-state index is 6.43. The van der Waals surface area contributed by atoms with Crippen LogP contribution in [0.25, 0.3) is 0 Å². The van der Waals surface area contributed by atoms with E-state index in [1.165, 1.54) is 30.2 Å². The zero-order valence-corrected chi connectivity index (χ0v) is 16.8. The summed E-state index contributed by atoms with van der Waals surface area (Å²) >= 11 is 7.88. The third-order valence-electron chi connectivity index (χ3n) is 4.33. The number of nitrogens with two attached hydrogens (primary N) is 1. The monoisotopic (exact) mass is 402 g/mol. The highest BCUT2D eigenvalue weighted by Gasteiger charge is 2.18. The van der Waals surface area contributed by atoms with Crippen LogP contribution in [0.5, 0.6) is 5.75 Å². The van der Waals surface area contributed by atoms with Crippen molar-refractivity contribution in [3.63, 3.8) is 0 Å². The van der Waals surface area contributed by atoms with Crippen molar-refractivity contribution in [2.75, 3.05) is 25.1 Å². The molecule has 0 saturated carbocycles. The van der Waals surface area contributed by atoms with E-state index < -0.39 is 0 Å². The minimum atomic E-state index is 0.409. The van der Waals surface area contributed by atoms with E-state index in [1.807, 2.05) is 30.3 Å². The van der Waals surface area contributed by atoms with Crippen molar-refractivity contribution in [3.8, 4) is 5.75 Å². The van der Waals surface area contributed by atoms with Gasteiger partial charge in [0.25, 0.3) is 0 Å². The summed E-state index contributed by atoms with van der Waals surface area (Å²) in [6.07, 6.45) is 3.99. The summed E-state index contributed by atoms with van der Waals surface area (Å²) in [5.74, 6) is 1.54. The summed E-state index contributed by atoms with van der Waals surface area (Å²) < 4.78 is 5.54. The van der Waals surface area contributed by atoms with Crippen molar-refractivity contribution in [2.24, 2.45) is 15.9 Å². The molecule has 0 aromatic heterocycles. The molecule has 0 radical (unpaired) electrons. The summed E-state index contributed by atoms with van der Waals surface area (Å²) in [5, 5.41) is 9.16. The van der Waals surface area contributed by atoms with Crippen molar-refractivity contribution < 1.29 is 4.74 Å². The number of nitrogens with zero attached hydrogens (tertiary/aromatic N) is 3. The fraction of sp³-hybridized carbons (Fsp3) is 0.300. The van der Waals surface area contributed by atoms with Crippen molar-refractivity contribution in [1.82, 2.24) is 0 Å². The first-order valence-electron chi connectivity index (χ1n) is 8.83. The molecule has 3 rings (SSSR count). The first kappa shape index (κ1) is 19.6. The Bertz CT molecular complexity index is 820. The molecule has 0 amide bonds. The van der Waals surface area contributed by atoms with Crippen LogP contribution in [0, 0.1) is 0 Å². The van der Waals surface area contributed by atoms with E-state index in [1.54, 1.807) is 13.3 Å². The molecule has 1 saturated heterocycles. The highest BCUT2D eigenvalue weighted by Crippen LogP contribution is 2.35. The largest absolute Gasteiger partial charge is 0.495 e. The lowest BCUT2D eigenvalue weighted by molar-refractivity contribution is 0.415. The van der Waals surface area contributed by atoms with Gasteiger partial charge < -0.3 is 15.4 Å². The van der Waals surface area contributed by atoms with Gasteiger partial charge in [0.1, 0.15) is 5.75 Å². The second kappa shape index (κ2) is 9.67. The lowest BCUT2D eigenvalue weighted by Crippen LogP contribution is -2.18. The van der Waals surface area contributed by atoms with E-state index in [2.05, 4.69) is 27.2 Å². The Labute approximate surface area is 169 Å². The SMILES string of the molecule is COc1cc(C=NN=C(N)SCc2ccccc2)c(Cl)cc1N1CCCC1. The maximum absolute atomic E-state index is 6.43. The van der Waals surface area contributed by atoms with Gasteiger partial charge in [0.05, 0.1) is 24.0 Å². The Morgan fingerprint density at radius 3 is 2.70 bits per heavy atom. The smallest absolute Gasteiger partial charge is 0.180 e. The number of amidine groups is 1. The zero-order chi connectivity index (χ0) is 19.1. The third kappa shape index (κ3) is 5.40. The molecule has 27 heavy (non-hydrogen) atoms. The van der Waals surface area contributed by atoms with Gasteiger partial charge in [-0.1, -0.05) is 53.7 Å². The fourth-order valence-electron chi connectivity index (χ4n) is 2.93. The number of thioether (sulfide) groups is 1. The first-order valence-corrected chi connectivity index (χ1v) is 10.2.